The molecule has 0 N–H and O–H groups in total. The second kappa shape index (κ2) is 6.71. The van der Waals surface area contributed by atoms with Gasteiger partial charge in [0.05, 0.1) is 17.4 Å². The third-order valence-corrected chi connectivity index (χ3v) is 4.70. The Morgan fingerprint density at radius 1 is 1.00 bits per heavy atom. The van der Waals surface area contributed by atoms with Gasteiger partial charge in [-0.25, -0.2) is 0 Å². The highest BCUT2D eigenvalue weighted by Crippen LogP contribution is 2.32. The van der Waals surface area contributed by atoms with Crippen molar-refractivity contribution in [1.29, 1.82) is 0 Å². The lowest BCUT2D eigenvalue weighted by molar-refractivity contribution is -0.383. The van der Waals surface area contributed by atoms with Crippen molar-refractivity contribution < 1.29 is 9.66 Å². The summed E-state index contributed by atoms with van der Waals surface area (Å²) in [7, 11) is 1.64. The number of ether oxygens (including phenoxy) is 1. The van der Waals surface area contributed by atoms with Crippen LogP contribution < -0.4 is 4.74 Å². The molecule has 0 aliphatic heterocycles. The van der Waals surface area contributed by atoms with E-state index in [9.17, 15) is 10.1 Å². The van der Waals surface area contributed by atoms with Crippen molar-refractivity contribution >= 4 is 28.2 Å². The first-order valence-electron chi connectivity index (χ1n) is 7.11. The minimum absolute atomic E-state index is 0.152. The lowest BCUT2D eigenvalue weighted by Crippen LogP contribution is -1.92. The van der Waals surface area contributed by atoms with E-state index in [1.165, 1.54) is 0 Å². The van der Waals surface area contributed by atoms with Gasteiger partial charge in [0.2, 0.25) is 0 Å². The minimum Gasteiger partial charge on any atom is -0.497 e. The van der Waals surface area contributed by atoms with Crippen LogP contribution in [0, 0.1) is 10.1 Å². The van der Waals surface area contributed by atoms with Gasteiger partial charge in [0.15, 0.2) is 0 Å². The number of nitrogens with zero attached hydrogens (tertiary/aromatic N) is 1. The van der Waals surface area contributed by atoms with Gasteiger partial charge in [-0.15, -0.1) is 11.8 Å². The molecule has 0 aliphatic rings. The van der Waals surface area contributed by atoms with Crippen molar-refractivity contribution in [2.75, 3.05) is 7.11 Å². The number of nitro groups is 1. The summed E-state index contributed by atoms with van der Waals surface area (Å²) in [4.78, 5) is 12.0. The van der Waals surface area contributed by atoms with Crippen molar-refractivity contribution in [2.45, 2.75) is 10.6 Å². The summed E-state index contributed by atoms with van der Waals surface area (Å²) in [5.41, 5.74) is 1.24. The highest BCUT2D eigenvalue weighted by Gasteiger charge is 2.13. The molecular formula is C18H15NO3S. The van der Waals surface area contributed by atoms with E-state index in [4.69, 9.17) is 4.74 Å². The van der Waals surface area contributed by atoms with Gasteiger partial charge < -0.3 is 4.74 Å². The molecule has 0 heterocycles. The van der Waals surface area contributed by atoms with Crippen LogP contribution in [-0.2, 0) is 5.75 Å². The molecule has 0 spiro atoms. The number of hydrogen-bond donors (Lipinski definition) is 0. The van der Waals surface area contributed by atoms with E-state index in [1.807, 2.05) is 48.5 Å². The number of methoxy groups -OCH3 is 1. The molecule has 0 bridgehead atoms. The third-order valence-electron chi connectivity index (χ3n) is 3.64. The monoisotopic (exact) mass is 325 g/mol. The van der Waals surface area contributed by atoms with Gasteiger partial charge in [-0.3, -0.25) is 10.1 Å². The summed E-state index contributed by atoms with van der Waals surface area (Å²) in [6, 6.07) is 18.8. The first-order valence-corrected chi connectivity index (χ1v) is 8.09. The molecule has 0 saturated heterocycles. The molecule has 0 atom stereocenters. The summed E-state index contributed by atoms with van der Waals surface area (Å²) in [5.74, 6) is 1.58. The van der Waals surface area contributed by atoms with Crippen molar-refractivity contribution in [2.24, 2.45) is 0 Å². The quantitative estimate of drug-likeness (QED) is 0.374. The van der Waals surface area contributed by atoms with Gasteiger partial charge in [0.25, 0.3) is 5.69 Å². The molecule has 0 fully saturated rings. The van der Waals surface area contributed by atoms with Crippen molar-refractivity contribution in [3.05, 3.63) is 76.3 Å². The number of thioether (sulfide) groups is 1. The Bertz CT molecular complexity index is 847. The van der Waals surface area contributed by atoms with Crippen molar-refractivity contribution in [3.8, 4) is 5.75 Å². The molecule has 3 rings (SSSR count). The van der Waals surface area contributed by atoms with Gasteiger partial charge in [0.1, 0.15) is 5.75 Å². The van der Waals surface area contributed by atoms with Crippen LogP contribution in [0.3, 0.4) is 0 Å². The second-order valence-corrected chi connectivity index (χ2v) is 6.06. The van der Waals surface area contributed by atoms with Crippen LogP contribution in [0.2, 0.25) is 0 Å². The number of benzene rings is 3. The summed E-state index contributed by atoms with van der Waals surface area (Å²) in [6.45, 7) is 0. The van der Waals surface area contributed by atoms with Gasteiger partial charge in [-0.1, -0.05) is 24.3 Å². The zero-order chi connectivity index (χ0) is 16.2. The predicted octanol–water partition coefficient (Wildman–Crippen LogP) is 5.05. The van der Waals surface area contributed by atoms with E-state index in [1.54, 1.807) is 31.0 Å². The Morgan fingerprint density at radius 3 is 2.35 bits per heavy atom. The molecular weight excluding hydrogens is 310 g/mol. The Morgan fingerprint density at radius 2 is 1.70 bits per heavy atom. The van der Waals surface area contributed by atoms with E-state index in [0.717, 1.165) is 27.3 Å². The average Bonchev–Trinajstić information content (AvgIpc) is 2.59. The summed E-state index contributed by atoms with van der Waals surface area (Å²) < 4.78 is 5.15. The van der Waals surface area contributed by atoms with E-state index in [0.29, 0.717) is 5.39 Å². The molecule has 116 valence electrons. The largest absolute Gasteiger partial charge is 0.497 e. The summed E-state index contributed by atoms with van der Waals surface area (Å²) in [6.07, 6.45) is 0. The second-order valence-electron chi connectivity index (χ2n) is 5.01. The van der Waals surface area contributed by atoms with Crippen molar-refractivity contribution in [1.82, 2.24) is 0 Å². The van der Waals surface area contributed by atoms with Crippen LogP contribution in [0.4, 0.5) is 5.69 Å². The zero-order valence-corrected chi connectivity index (χ0v) is 13.4. The first kappa shape index (κ1) is 15.4. The predicted molar refractivity (Wildman–Crippen MR) is 93.2 cm³/mol. The molecule has 0 radical (unpaired) electrons. The zero-order valence-electron chi connectivity index (χ0n) is 12.6. The van der Waals surface area contributed by atoms with Gasteiger partial charge in [-0.05, 0) is 41.3 Å². The normalized spacial score (nSPS) is 10.7. The fourth-order valence-electron chi connectivity index (χ4n) is 2.46. The van der Waals surface area contributed by atoms with E-state index in [-0.39, 0.29) is 10.6 Å². The van der Waals surface area contributed by atoms with Crippen molar-refractivity contribution in [3.63, 3.8) is 0 Å². The first-order chi connectivity index (χ1) is 11.2. The number of nitro benzene ring substituents is 1. The molecule has 0 amide bonds. The lowest BCUT2D eigenvalue weighted by atomic mass is 10.0. The van der Waals surface area contributed by atoms with Crippen LogP contribution in [0.25, 0.3) is 10.8 Å². The Labute approximate surface area is 138 Å². The lowest BCUT2D eigenvalue weighted by Gasteiger charge is -2.08. The molecule has 0 aromatic heterocycles. The van der Waals surface area contributed by atoms with Gasteiger partial charge in [0, 0.05) is 16.7 Å². The van der Waals surface area contributed by atoms with Crippen LogP contribution in [-0.4, -0.2) is 12.0 Å². The number of rotatable bonds is 5. The van der Waals surface area contributed by atoms with Crippen LogP contribution in [0.1, 0.15) is 5.56 Å². The molecule has 0 saturated carbocycles. The van der Waals surface area contributed by atoms with Gasteiger partial charge in [-0.2, -0.15) is 0 Å². The number of fused-ring (bicyclic) bond motifs is 1. The standard InChI is InChI=1S/C18H15NO3S/c1-22-14-7-9-15(10-8-14)23-12-13-6-11-18(19(20)21)17-5-3-2-4-16(13)17/h2-11H,12H2,1H3. The minimum atomic E-state index is -0.331. The van der Waals surface area contributed by atoms with Crippen LogP contribution >= 0.6 is 11.8 Å². The van der Waals surface area contributed by atoms with Crippen LogP contribution in [0.5, 0.6) is 5.75 Å². The van der Waals surface area contributed by atoms with E-state index < -0.39 is 0 Å². The smallest absolute Gasteiger partial charge is 0.277 e. The molecule has 3 aromatic rings. The maximum absolute atomic E-state index is 11.2. The SMILES string of the molecule is COc1ccc(SCc2ccc([N+](=O)[O-])c3ccccc23)cc1. The Kier molecular flexibility index (Phi) is 4.48. The highest BCUT2D eigenvalue weighted by atomic mass is 32.2. The highest BCUT2D eigenvalue weighted by molar-refractivity contribution is 7.98. The molecule has 0 aliphatic carbocycles. The number of non-ortho nitro benzene ring substituents is 1. The summed E-state index contributed by atoms with van der Waals surface area (Å²) in [5, 5.41) is 12.8. The molecule has 3 aromatic carbocycles. The van der Waals surface area contributed by atoms with Gasteiger partial charge >= 0.3 is 0 Å². The van der Waals surface area contributed by atoms with Crippen LogP contribution in [0.15, 0.2) is 65.6 Å². The Balaban J connectivity index is 1.88. The molecule has 4 nitrogen and oxygen atoms in total. The molecule has 0 unspecified atom stereocenters. The maximum atomic E-state index is 11.2. The third kappa shape index (κ3) is 3.29. The topological polar surface area (TPSA) is 52.4 Å². The molecule has 5 heteroatoms. The molecule has 23 heavy (non-hydrogen) atoms. The summed E-state index contributed by atoms with van der Waals surface area (Å²) >= 11 is 1.70. The fraction of sp³-hybridized carbons (Fsp3) is 0.111. The fourth-order valence-corrected chi connectivity index (χ4v) is 3.37. The Hall–Kier alpha value is -2.53. The number of hydrogen-bond acceptors (Lipinski definition) is 4. The average molecular weight is 325 g/mol. The van der Waals surface area contributed by atoms with E-state index in [2.05, 4.69) is 0 Å². The van der Waals surface area contributed by atoms with E-state index >= 15 is 0 Å². The maximum Gasteiger partial charge on any atom is 0.277 e.